The second-order valence-electron chi connectivity index (χ2n) is 8.81. The van der Waals surface area contributed by atoms with Crippen molar-refractivity contribution in [1.82, 2.24) is 15.5 Å². The molecule has 0 radical (unpaired) electrons. The number of hydrogen-bond acceptors (Lipinski definition) is 5. The van der Waals surface area contributed by atoms with Crippen LogP contribution >= 0.6 is 0 Å². The standard InChI is InChI=1S/C27H35N3O5/c1-6-27(20-12-10-9-11-13-20)25(32)30(26(33)29-27)17-23(31)28-24(18(4)5)19-14-15-21(34-7-2)22(16-19)35-8-3/h9-16,18,24H,6-8,17H2,1-5H3,(H,28,31)(H,29,33). The smallest absolute Gasteiger partial charge is 0.325 e. The van der Waals surface area contributed by atoms with E-state index in [0.717, 1.165) is 10.5 Å². The van der Waals surface area contributed by atoms with Gasteiger partial charge in [-0.05, 0) is 49.4 Å². The zero-order valence-electron chi connectivity index (χ0n) is 21.1. The van der Waals surface area contributed by atoms with E-state index in [2.05, 4.69) is 10.6 Å². The third-order valence-electron chi connectivity index (χ3n) is 6.18. The third kappa shape index (κ3) is 5.42. The number of amides is 4. The van der Waals surface area contributed by atoms with Gasteiger partial charge >= 0.3 is 6.03 Å². The fourth-order valence-electron chi connectivity index (χ4n) is 4.39. The van der Waals surface area contributed by atoms with E-state index in [0.29, 0.717) is 36.7 Å². The summed E-state index contributed by atoms with van der Waals surface area (Å²) in [4.78, 5) is 40.1. The van der Waals surface area contributed by atoms with Crippen LogP contribution in [0.5, 0.6) is 11.5 Å². The molecule has 1 saturated heterocycles. The molecule has 0 bridgehead atoms. The van der Waals surface area contributed by atoms with E-state index in [1.54, 1.807) is 0 Å². The van der Waals surface area contributed by atoms with E-state index in [9.17, 15) is 14.4 Å². The molecule has 8 nitrogen and oxygen atoms in total. The van der Waals surface area contributed by atoms with Gasteiger partial charge in [-0.1, -0.05) is 57.2 Å². The summed E-state index contributed by atoms with van der Waals surface area (Å²) in [6, 6.07) is 13.8. The predicted octanol–water partition coefficient (Wildman–Crippen LogP) is 4.15. The van der Waals surface area contributed by atoms with Crippen LogP contribution in [0.25, 0.3) is 0 Å². The first-order valence-corrected chi connectivity index (χ1v) is 12.2. The topological polar surface area (TPSA) is 97.0 Å². The number of hydrogen-bond donors (Lipinski definition) is 2. The van der Waals surface area contributed by atoms with Crippen LogP contribution < -0.4 is 20.1 Å². The van der Waals surface area contributed by atoms with Crippen molar-refractivity contribution < 1.29 is 23.9 Å². The van der Waals surface area contributed by atoms with Gasteiger partial charge < -0.3 is 20.1 Å². The molecular formula is C27H35N3O5. The van der Waals surface area contributed by atoms with E-state index in [-0.39, 0.29) is 18.5 Å². The lowest BCUT2D eigenvalue weighted by atomic mass is 9.87. The molecule has 1 fully saturated rings. The third-order valence-corrected chi connectivity index (χ3v) is 6.18. The van der Waals surface area contributed by atoms with Gasteiger partial charge in [0.15, 0.2) is 11.5 Å². The highest BCUT2D eigenvalue weighted by atomic mass is 16.5. The Balaban J connectivity index is 1.79. The summed E-state index contributed by atoms with van der Waals surface area (Å²) < 4.78 is 11.4. The molecule has 188 valence electrons. The number of carbonyl (C=O) groups is 3. The van der Waals surface area contributed by atoms with Crippen molar-refractivity contribution in [3.05, 3.63) is 59.7 Å². The monoisotopic (exact) mass is 481 g/mol. The molecule has 8 heteroatoms. The second-order valence-corrected chi connectivity index (χ2v) is 8.81. The van der Waals surface area contributed by atoms with Crippen molar-refractivity contribution in [1.29, 1.82) is 0 Å². The zero-order chi connectivity index (χ0) is 25.6. The molecule has 2 aromatic carbocycles. The molecule has 0 spiro atoms. The Labute approximate surface area is 207 Å². The highest BCUT2D eigenvalue weighted by Gasteiger charge is 2.51. The second kappa shape index (κ2) is 11.3. The SMILES string of the molecule is CCOc1ccc(C(NC(=O)CN2C(=O)NC(CC)(c3ccccc3)C2=O)C(C)C)cc1OCC. The van der Waals surface area contributed by atoms with Crippen LogP contribution in [0.2, 0.25) is 0 Å². The molecule has 0 aliphatic carbocycles. The van der Waals surface area contributed by atoms with Crippen molar-refractivity contribution in [2.75, 3.05) is 19.8 Å². The Morgan fingerprint density at radius 2 is 1.66 bits per heavy atom. The van der Waals surface area contributed by atoms with Gasteiger partial charge in [-0.3, -0.25) is 14.5 Å². The van der Waals surface area contributed by atoms with Gasteiger partial charge in [0, 0.05) is 0 Å². The fourth-order valence-corrected chi connectivity index (χ4v) is 4.39. The van der Waals surface area contributed by atoms with Crippen LogP contribution in [-0.4, -0.2) is 42.5 Å². The Hall–Kier alpha value is -3.55. The summed E-state index contributed by atoms with van der Waals surface area (Å²) in [5.41, 5.74) is 0.378. The number of urea groups is 1. The maximum absolute atomic E-state index is 13.3. The van der Waals surface area contributed by atoms with Crippen LogP contribution in [0.4, 0.5) is 4.79 Å². The van der Waals surface area contributed by atoms with Gasteiger partial charge in [-0.2, -0.15) is 0 Å². The molecule has 2 atom stereocenters. The van der Waals surface area contributed by atoms with Crippen molar-refractivity contribution in [3.63, 3.8) is 0 Å². The van der Waals surface area contributed by atoms with Gasteiger partial charge in [-0.25, -0.2) is 4.79 Å². The van der Waals surface area contributed by atoms with Gasteiger partial charge in [0.05, 0.1) is 19.3 Å². The van der Waals surface area contributed by atoms with Crippen LogP contribution in [0.15, 0.2) is 48.5 Å². The average molecular weight is 482 g/mol. The number of carbonyl (C=O) groups excluding carboxylic acids is 3. The molecule has 2 N–H and O–H groups in total. The van der Waals surface area contributed by atoms with Crippen molar-refractivity contribution in [3.8, 4) is 11.5 Å². The number of nitrogens with zero attached hydrogens (tertiary/aromatic N) is 1. The number of benzene rings is 2. The number of rotatable bonds is 11. The quantitative estimate of drug-likeness (QED) is 0.470. The molecule has 0 saturated carbocycles. The van der Waals surface area contributed by atoms with E-state index >= 15 is 0 Å². The molecule has 4 amide bonds. The minimum Gasteiger partial charge on any atom is -0.490 e. The van der Waals surface area contributed by atoms with Crippen molar-refractivity contribution >= 4 is 17.8 Å². The summed E-state index contributed by atoms with van der Waals surface area (Å²) in [7, 11) is 0. The van der Waals surface area contributed by atoms with Crippen molar-refractivity contribution in [2.24, 2.45) is 5.92 Å². The maximum atomic E-state index is 13.3. The van der Waals surface area contributed by atoms with E-state index in [1.165, 1.54) is 0 Å². The Morgan fingerprint density at radius 1 is 1.00 bits per heavy atom. The Kier molecular flexibility index (Phi) is 8.38. The summed E-state index contributed by atoms with van der Waals surface area (Å²) in [5, 5.41) is 5.81. The zero-order valence-corrected chi connectivity index (χ0v) is 21.1. The van der Waals surface area contributed by atoms with Crippen molar-refractivity contribution in [2.45, 2.75) is 52.6 Å². The van der Waals surface area contributed by atoms with Crippen LogP contribution in [0.1, 0.15) is 58.2 Å². The van der Waals surface area contributed by atoms with E-state index in [1.807, 2.05) is 83.1 Å². The molecule has 2 aromatic rings. The number of imide groups is 1. The van der Waals surface area contributed by atoms with E-state index < -0.39 is 23.4 Å². The molecule has 1 aliphatic heterocycles. The molecule has 1 heterocycles. The first-order chi connectivity index (χ1) is 16.8. The minimum atomic E-state index is -1.17. The highest BCUT2D eigenvalue weighted by molar-refractivity contribution is 6.09. The Morgan fingerprint density at radius 3 is 2.26 bits per heavy atom. The molecular weight excluding hydrogens is 446 g/mol. The normalized spacial score (nSPS) is 18.4. The molecule has 3 rings (SSSR count). The lowest BCUT2D eigenvalue weighted by Gasteiger charge is -2.26. The number of nitrogens with one attached hydrogen (secondary N) is 2. The van der Waals surface area contributed by atoms with E-state index in [4.69, 9.17) is 9.47 Å². The predicted molar refractivity (Wildman–Crippen MR) is 133 cm³/mol. The first-order valence-electron chi connectivity index (χ1n) is 12.2. The maximum Gasteiger partial charge on any atom is 0.325 e. The van der Waals surface area contributed by atoms with Gasteiger partial charge in [0.2, 0.25) is 5.91 Å². The summed E-state index contributed by atoms with van der Waals surface area (Å²) >= 11 is 0. The minimum absolute atomic E-state index is 0.0496. The van der Waals surface area contributed by atoms with Gasteiger partial charge in [-0.15, -0.1) is 0 Å². The van der Waals surface area contributed by atoms with Crippen LogP contribution in [0.3, 0.4) is 0 Å². The first kappa shape index (κ1) is 26.1. The average Bonchev–Trinajstić information content (AvgIpc) is 3.09. The lowest BCUT2D eigenvalue weighted by Crippen LogP contribution is -2.45. The highest BCUT2D eigenvalue weighted by Crippen LogP contribution is 2.34. The molecule has 2 unspecified atom stereocenters. The lowest BCUT2D eigenvalue weighted by molar-refractivity contribution is -0.135. The number of ether oxygens (including phenoxy) is 2. The summed E-state index contributed by atoms with van der Waals surface area (Å²) in [6.07, 6.45) is 0.376. The van der Waals surface area contributed by atoms with Crippen LogP contribution in [0, 0.1) is 5.92 Å². The van der Waals surface area contributed by atoms with Crippen LogP contribution in [-0.2, 0) is 15.1 Å². The largest absolute Gasteiger partial charge is 0.490 e. The van der Waals surface area contributed by atoms with Gasteiger partial charge in [0.25, 0.3) is 5.91 Å². The van der Waals surface area contributed by atoms with Gasteiger partial charge in [0.1, 0.15) is 12.1 Å². The Bertz CT molecular complexity index is 1060. The molecule has 35 heavy (non-hydrogen) atoms. The summed E-state index contributed by atoms with van der Waals surface area (Å²) in [5.74, 6) is 0.458. The molecule has 1 aliphatic rings. The molecule has 0 aromatic heterocycles. The summed E-state index contributed by atoms with van der Waals surface area (Å²) in [6.45, 7) is 10.3. The fraction of sp³-hybridized carbons (Fsp3) is 0.444.